The Hall–Kier alpha value is -0.860. The number of hydrogen-bond donors (Lipinski definition) is 0. The average Bonchev–Trinajstić information content (AvgIpc) is 1.87. The van der Waals surface area contributed by atoms with Gasteiger partial charge < -0.3 is 4.74 Å². The molecule has 0 fully saturated rings. The van der Waals surface area contributed by atoms with E-state index in [-0.39, 0.29) is 12.2 Å². The van der Waals surface area contributed by atoms with Crippen molar-refractivity contribution >= 4 is 12.2 Å². The van der Waals surface area contributed by atoms with Gasteiger partial charge in [-0.25, -0.2) is 9.79 Å². The lowest BCUT2D eigenvalue weighted by Gasteiger charge is -1.93. The van der Waals surface area contributed by atoms with Crippen LogP contribution in [0, 0.1) is 0 Å². The first-order chi connectivity index (χ1) is 3.29. The second-order valence-electron chi connectivity index (χ2n) is 1.31. The van der Waals surface area contributed by atoms with Crippen molar-refractivity contribution in [2.45, 2.75) is 13.2 Å². The van der Waals surface area contributed by atoms with Crippen molar-refractivity contribution in [1.82, 2.24) is 0 Å². The molecule has 3 heteroatoms. The Morgan fingerprint density at radius 2 is 2.71 bits per heavy atom. The van der Waals surface area contributed by atoms with E-state index in [9.17, 15) is 4.79 Å². The summed E-state index contributed by atoms with van der Waals surface area (Å²) in [6.45, 7) is 1.71. The first-order valence-electron chi connectivity index (χ1n) is 2.03. The Kier molecular flexibility index (Phi) is 0.817. The number of cyclic esters (lactones) is 1. The fourth-order valence-corrected chi connectivity index (χ4v) is 0.395. The van der Waals surface area contributed by atoms with Gasteiger partial charge in [0.1, 0.15) is 6.21 Å². The third-order valence-corrected chi connectivity index (χ3v) is 0.677. The summed E-state index contributed by atoms with van der Waals surface area (Å²) in [6, 6.07) is 0. The fraction of sp³-hybridized carbons (Fsp3) is 0.500. The molecule has 0 N–H and O–H groups in total. The predicted molar refractivity (Wildman–Crippen MR) is 24.0 cm³/mol. The number of carbonyl (C=O) groups is 1. The molecule has 7 heavy (non-hydrogen) atoms. The summed E-state index contributed by atoms with van der Waals surface area (Å²) in [5, 5.41) is 0. The lowest BCUT2D eigenvalue weighted by Crippen LogP contribution is -2.01. The highest BCUT2D eigenvalue weighted by molar-refractivity contribution is 6.24. The lowest BCUT2D eigenvalue weighted by atomic mass is 10.7. The summed E-state index contributed by atoms with van der Waals surface area (Å²) < 4.78 is 4.50. The highest BCUT2D eigenvalue weighted by Gasteiger charge is 2.10. The molecule has 0 saturated heterocycles. The van der Waals surface area contributed by atoms with E-state index in [1.807, 2.05) is 0 Å². The Balaban J connectivity index is 2.58. The molecular weight excluding hydrogens is 94.0 g/mol. The number of hydrogen-bond acceptors (Lipinski definition) is 3. The van der Waals surface area contributed by atoms with Gasteiger partial charge in [0, 0.05) is 0 Å². The Bertz CT molecular complexity index is 119. The Labute approximate surface area is 41.0 Å². The second-order valence-corrected chi connectivity index (χ2v) is 1.31. The Morgan fingerprint density at radius 1 is 2.00 bits per heavy atom. The van der Waals surface area contributed by atoms with Crippen LogP contribution in [0.5, 0.6) is 0 Å². The van der Waals surface area contributed by atoms with Crippen molar-refractivity contribution in [3.63, 3.8) is 0 Å². The van der Waals surface area contributed by atoms with Gasteiger partial charge in [0.2, 0.25) is 0 Å². The molecule has 1 atom stereocenters. The van der Waals surface area contributed by atoms with E-state index in [0.717, 1.165) is 0 Å². The van der Waals surface area contributed by atoms with Gasteiger partial charge in [0.15, 0.2) is 6.23 Å². The summed E-state index contributed by atoms with van der Waals surface area (Å²) in [4.78, 5) is 13.7. The van der Waals surface area contributed by atoms with Crippen LogP contribution in [0.15, 0.2) is 4.99 Å². The molecule has 1 aliphatic rings. The van der Waals surface area contributed by atoms with Crippen LogP contribution in [0.3, 0.4) is 0 Å². The largest absolute Gasteiger partial charge is 0.436 e. The van der Waals surface area contributed by atoms with Gasteiger partial charge in [-0.1, -0.05) is 0 Å². The van der Waals surface area contributed by atoms with Gasteiger partial charge in [-0.15, -0.1) is 0 Å². The molecule has 3 nitrogen and oxygen atoms in total. The molecule has 0 aromatic rings. The van der Waals surface area contributed by atoms with Crippen molar-refractivity contribution in [2.24, 2.45) is 4.99 Å². The first-order valence-corrected chi connectivity index (χ1v) is 2.03. The number of nitrogens with zero attached hydrogens (tertiary/aromatic N) is 1. The molecule has 1 aliphatic heterocycles. The summed E-state index contributed by atoms with van der Waals surface area (Å²) in [6.07, 6.45) is 0.928. The second kappa shape index (κ2) is 1.33. The maximum Gasteiger partial charge on any atom is 0.351 e. The number of carbonyl (C=O) groups excluding carboxylic acids is 1. The van der Waals surface area contributed by atoms with E-state index in [1.165, 1.54) is 6.21 Å². The van der Waals surface area contributed by atoms with Gasteiger partial charge in [-0.2, -0.15) is 0 Å². The van der Waals surface area contributed by atoms with E-state index in [4.69, 9.17) is 0 Å². The zero-order valence-corrected chi connectivity index (χ0v) is 3.92. The van der Waals surface area contributed by atoms with Crippen molar-refractivity contribution in [2.75, 3.05) is 0 Å². The molecule has 0 aliphatic carbocycles. The molecule has 0 aromatic carbocycles. The molecule has 0 amide bonds. The van der Waals surface area contributed by atoms with Crippen molar-refractivity contribution < 1.29 is 9.53 Å². The quantitative estimate of drug-likeness (QED) is 0.400. The fourth-order valence-electron chi connectivity index (χ4n) is 0.395. The summed E-state index contributed by atoms with van der Waals surface area (Å²) >= 11 is 0. The molecule has 1 unspecified atom stereocenters. The minimum absolute atomic E-state index is 0.257. The van der Waals surface area contributed by atoms with E-state index in [2.05, 4.69) is 9.73 Å². The molecule has 38 valence electrons. The molecule has 0 spiro atoms. The highest BCUT2D eigenvalue weighted by atomic mass is 16.6. The maximum absolute atomic E-state index is 10.1. The zero-order valence-electron chi connectivity index (χ0n) is 3.92. The predicted octanol–water partition coefficient (Wildman–Crippen LogP) is -0.0400. The van der Waals surface area contributed by atoms with E-state index in [0.29, 0.717) is 0 Å². The molecule has 0 radical (unpaired) electrons. The summed E-state index contributed by atoms with van der Waals surface area (Å²) in [7, 11) is 0. The number of rotatable bonds is 0. The van der Waals surface area contributed by atoms with Crippen LogP contribution in [-0.2, 0) is 9.53 Å². The standard InChI is InChI=1S/C4H5NO2/c1-3-5-2-4(6)7-3/h2-3H,1H3. The SMILES string of the molecule is CC1N=CC(=O)O1. The maximum atomic E-state index is 10.1. The van der Waals surface area contributed by atoms with E-state index >= 15 is 0 Å². The highest BCUT2D eigenvalue weighted by Crippen LogP contribution is 1.97. The zero-order chi connectivity index (χ0) is 5.28. The van der Waals surface area contributed by atoms with Crippen molar-refractivity contribution in [3.8, 4) is 0 Å². The van der Waals surface area contributed by atoms with Crippen LogP contribution in [-0.4, -0.2) is 18.4 Å². The van der Waals surface area contributed by atoms with Crippen molar-refractivity contribution in [1.29, 1.82) is 0 Å². The number of esters is 1. The van der Waals surface area contributed by atoms with E-state index < -0.39 is 0 Å². The summed E-state index contributed by atoms with van der Waals surface area (Å²) in [5.41, 5.74) is 0. The number of aliphatic imine (C=N–C) groups is 1. The third kappa shape index (κ3) is 0.765. The van der Waals surface area contributed by atoms with Gasteiger partial charge in [-0.3, -0.25) is 0 Å². The third-order valence-electron chi connectivity index (χ3n) is 0.677. The number of ether oxygens (including phenoxy) is 1. The van der Waals surface area contributed by atoms with Gasteiger partial charge >= 0.3 is 5.97 Å². The first kappa shape index (κ1) is 4.30. The molecule has 0 aromatic heterocycles. The van der Waals surface area contributed by atoms with Gasteiger partial charge in [0.05, 0.1) is 0 Å². The molecular formula is C4H5NO2. The van der Waals surface area contributed by atoms with Gasteiger partial charge in [0.25, 0.3) is 0 Å². The minimum atomic E-state index is -0.340. The monoisotopic (exact) mass is 99.0 g/mol. The molecule has 1 rings (SSSR count). The smallest absolute Gasteiger partial charge is 0.351 e. The Morgan fingerprint density at radius 3 is 2.86 bits per heavy atom. The van der Waals surface area contributed by atoms with E-state index in [1.54, 1.807) is 6.92 Å². The molecule has 0 bridgehead atoms. The normalized spacial score (nSPS) is 28.1. The minimum Gasteiger partial charge on any atom is -0.436 e. The van der Waals surface area contributed by atoms with Crippen LogP contribution in [0.25, 0.3) is 0 Å². The van der Waals surface area contributed by atoms with Crippen LogP contribution in [0.2, 0.25) is 0 Å². The molecule has 1 heterocycles. The molecule has 0 saturated carbocycles. The van der Waals surface area contributed by atoms with Crippen LogP contribution in [0.1, 0.15) is 6.92 Å². The topological polar surface area (TPSA) is 38.7 Å². The van der Waals surface area contributed by atoms with Gasteiger partial charge in [-0.05, 0) is 6.92 Å². The van der Waals surface area contributed by atoms with Crippen LogP contribution in [0.4, 0.5) is 0 Å². The van der Waals surface area contributed by atoms with Crippen LogP contribution < -0.4 is 0 Å². The summed E-state index contributed by atoms with van der Waals surface area (Å²) in [5.74, 6) is -0.340. The van der Waals surface area contributed by atoms with Crippen molar-refractivity contribution in [3.05, 3.63) is 0 Å². The lowest BCUT2D eigenvalue weighted by molar-refractivity contribution is -0.136. The van der Waals surface area contributed by atoms with Crippen LogP contribution >= 0.6 is 0 Å². The average molecular weight is 99.1 g/mol.